The highest BCUT2D eigenvalue weighted by Gasteiger charge is 2.38. The molecular formula is C28H20F6N4O2S. The first-order chi connectivity index (χ1) is 19.2. The zero-order chi connectivity index (χ0) is 29.7. The fraction of sp³-hybridized carbons (Fsp3) is 0.179. The molecule has 0 radical (unpaired) electrons. The minimum Gasteiger partial charge on any atom is -0.324 e. The Morgan fingerprint density at radius 1 is 0.927 bits per heavy atom. The number of halogens is 6. The number of anilines is 2. The van der Waals surface area contributed by atoms with E-state index in [1.54, 1.807) is 24.3 Å². The third-order valence-corrected chi connectivity index (χ3v) is 7.44. The van der Waals surface area contributed by atoms with Gasteiger partial charge in [0.1, 0.15) is 6.04 Å². The van der Waals surface area contributed by atoms with Crippen molar-refractivity contribution in [2.45, 2.75) is 32.2 Å². The van der Waals surface area contributed by atoms with Gasteiger partial charge in [-0.15, -0.1) is 0 Å². The number of benzene rings is 3. The van der Waals surface area contributed by atoms with E-state index in [9.17, 15) is 35.9 Å². The van der Waals surface area contributed by atoms with Gasteiger partial charge in [-0.25, -0.2) is 4.98 Å². The highest BCUT2D eigenvalue weighted by atomic mass is 32.1. The molecule has 41 heavy (non-hydrogen) atoms. The molecule has 0 saturated carbocycles. The van der Waals surface area contributed by atoms with Crippen molar-refractivity contribution in [2.24, 2.45) is 0 Å². The lowest BCUT2D eigenvalue weighted by molar-refractivity contribution is -0.143. The maximum atomic E-state index is 13.4. The average Bonchev–Trinajstić information content (AvgIpc) is 3.46. The van der Waals surface area contributed by atoms with Gasteiger partial charge in [0.15, 0.2) is 4.96 Å². The van der Waals surface area contributed by atoms with Crippen molar-refractivity contribution in [1.82, 2.24) is 9.38 Å². The van der Waals surface area contributed by atoms with Crippen molar-refractivity contribution in [3.63, 3.8) is 0 Å². The normalized spacial score (nSPS) is 13.0. The molecule has 3 aromatic carbocycles. The Morgan fingerprint density at radius 2 is 1.54 bits per heavy atom. The number of thiazole rings is 1. The van der Waals surface area contributed by atoms with Gasteiger partial charge in [0.05, 0.1) is 27.0 Å². The van der Waals surface area contributed by atoms with Crippen LogP contribution in [0.5, 0.6) is 0 Å². The van der Waals surface area contributed by atoms with E-state index in [0.717, 1.165) is 27.7 Å². The third kappa shape index (κ3) is 5.62. The number of nitrogens with zero attached hydrogens (tertiary/aromatic N) is 3. The molecule has 0 bridgehead atoms. The number of amides is 2. The minimum atomic E-state index is -5.11. The van der Waals surface area contributed by atoms with Crippen LogP contribution in [0.3, 0.4) is 0 Å². The first-order valence-electron chi connectivity index (χ1n) is 12.1. The highest BCUT2D eigenvalue weighted by molar-refractivity contribution is 7.23. The van der Waals surface area contributed by atoms with Crippen molar-refractivity contribution < 1.29 is 35.9 Å². The zero-order valence-electron chi connectivity index (χ0n) is 21.3. The number of fused-ring (bicyclic) bond motifs is 3. The molecular weight excluding hydrogens is 570 g/mol. The van der Waals surface area contributed by atoms with Crippen LogP contribution in [-0.2, 0) is 21.9 Å². The standard InChI is InChI=1S/C28H20F6N4O2S/c1-15(38(16(2)39)21-12-18(27(29,30)31)11-19(13-21)28(32,33)34)25(40)35-20-9-7-17(8-10-20)22-14-37-23-5-3-4-6-24(23)41-26(37)36-22/h3-15H,1-2H3,(H,35,40). The van der Waals surface area contributed by atoms with Gasteiger partial charge in [-0.05, 0) is 49.4 Å². The van der Waals surface area contributed by atoms with E-state index in [1.807, 2.05) is 34.9 Å². The van der Waals surface area contributed by atoms with E-state index in [0.29, 0.717) is 28.4 Å². The summed E-state index contributed by atoms with van der Waals surface area (Å²) >= 11 is 1.54. The fourth-order valence-electron chi connectivity index (χ4n) is 4.43. The summed E-state index contributed by atoms with van der Waals surface area (Å²) in [7, 11) is 0. The van der Waals surface area contributed by atoms with Gasteiger partial charge < -0.3 is 10.2 Å². The topological polar surface area (TPSA) is 66.7 Å². The Bertz CT molecular complexity index is 1740. The second-order valence-electron chi connectivity index (χ2n) is 9.24. The number of carbonyl (C=O) groups excluding carboxylic acids is 2. The molecule has 6 nitrogen and oxygen atoms in total. The maximum Gasteiger partial charge on any atom is 0.416 e. The van der Waals surface area contributed by atoms with Gasteiger partial charge in [0.2, 0.25) is 11.8 Å². The molecule has 0 fully saturated rings. The number of carbonyl (C=O) groups is 2. The Labute approximate surface area is 232 Å². The predicted octanol–water partition coefficient (Wildman–Crippen LogP) is 7.63. The van der Waals surface area contributed by atoms with Gasteiger partial charge in [-0.2, -0.15) is 26.3 Å². The SMILES string of the molecule is CC(=O)N(c1cc(C(F)(F)F)cc(C(F)(F)F)c1)C(C)C(=O)Nc1ccc(-c2cn3c(n2)sc2ccccc23)cc1. The third-order valence-electron chi connectivity index (χ3n) is 6.40. The molecule has 1 atom stereocenters. The molecule has 0 saturated heterocycles. The predicted molar refractivity (Wildman–Crippen MR) is 144 cm³/mol. The first kappa shape index (κ1) is 28.1. The summed E-state index contributed by atoms with van der Waals surface area (Å²) in [6.45, 7) is 2.16. The number of aromatic nitrogens is 2. The van der Waals surface area contributed by atoms with Crippen LogP contribution in [-0.4, -0.2) is 27.2 Å². The number of rotatable bonds is 5. The van der Waals surface area contributed by atoms with Crippen molar-refractivity contribution >= 4 is 49.7 Å². The molecule has 5 aromatic rings. The number of alkyl halides is 6. The number of hydrogen-bond acceptors (Lipinski definition) is 4. The van der Waals surface area contributed by atoms with Crippen molar-refractivity contribution in [3.8, 4) is 11.3 Å². The molecule has 2 amide bonds. The van der Waals surface area contributed by atoms with Gasteiger partial charge in [-0.1, -0.05) is 35.6 Å². The Morgan fingerprint density at radius 3 is 2.12 bits per heavy atom. The summed E-state index contributed by atoms with van der Waals surface area (Å²) in [5, 5.41) is 2.56. The van der Waals surface area contributed by atoms with Crippen molar-refractivity contribution in [1.29, 1.82) is 0 Å². The second kappa shape index (κ2) is 10.2. The van der Waals surface area contributed by atoms with Gasteiger partial charge >= 0.3 is 12.4 Å². The summed E-state index contributed by atoms with van der Waals surface area (Å²) in [5.74, 6) is -1.73. The van der Waals surface area contributed by atoms with Crippen LogP contribution in [0.15, 0.2) is 72.9 Å². The van der Waals surface area contributed by atoms with E-state index in [-0.39, 0.29) is 6.07 Å². The van der Waals surface area contributed by atoms with Crippen molar-refractivity contribution in [2.75, 3.05) is 10.2 Å². The van der Waals surface area contributed by atoms with Crippen LogP contribution in [0, 0.1) is 0 Å². The summed E-state index contributed by atoms with van der Waals surface area (Å²) in [6.07, 6.45) is -8.33. The number of imidazole rings is 1. The largest absolute Gasteiger partial charge is 0.416 e. The first-order valence-corrected chi connectivity index (χ1v) is 12.9. The summed E-state index contributed by atoms with van der Waals surface area (Å²) in [6, 6.07) is 13.8. The molecule has 1 N–H and O–H groups in total. The van der Waals surface area contributed by atoms with Gasteiger partial charge in [0, 0.05) is 30.1 Å². The lowest BCUT2D eigenvalue weighted by atomic mass is 10.1. The summed E-state index contributed by atoms with van der Waals surface area (Å²) < 4.78 is 83.2. The lowest BCUT2D eigenvalue weighted by Gasteiger charge is -2.29. The van der Waals surface area contributed by atoms with Crippen LogP contribution < -0.4 is 10.2 Å². The van der Waals surface area contributed by atoms with E-state index < -0.39 is 47.0 Å². The molecule has 2 heterocycles. The van der Waals surface area contributed by atoms with Crippen LogP contribution in [0.1, 0.15) is 25.0 Å². The number of para-hydroxylation sites is 1. The quantitative estimate of drug-likeness (QED) is 0.214. The molecule has 212 valence electrons. The number of nitrogens with one attached hydrogen (secondary N) is 1. The maximum absolute atomic E-state index is 13.4. The van der Waals surface area contributed by atoms with Gasteiger partial charge in [0.25, 0.3) is 0 Å². The average molecular weight is 591 g/mol. The Balaban J connectivity index is 1.38. The van der Waals surface area contributed by atoms with E-state index in [1.165, 1.54) is 18.3 Å². The van der Waals surface area contributed by atoms with Crippen LogP contribution >= 0.6 is 11.3 Å². The second-order valence-corrected chi connectivity index (χ2v) is 10.3. The molecule has 13 heteroatoms. The Hall–Kier alpha value is -4.39. The molecule has 5 rings (SSSR count). The highest BCUT2D eigenvalue weighted by Crippen LogP contribution is 2.39. The fourth-order valence-corrected chi connectivity index (χ4v) is 5.44. The Kier molecular flexibility index (Phi) is 7.02. The van der Waals surface area contributed by atoms with Gasteiger partial charge in [-0.3, -0.25) is 14.0 Å². The molecule has 0 aliphatic rings. The summed E-state index contributed by atoms with van der Waals surface area (Å²) in [5.41, 5.74) is -1.12. The minimum absolute atomic E-state index is 0.0413. The van der Waals surface area contributed by atoms with E-state index in [2.05, 4.69) is 10.3 Å². The number of hydrogen-bond donors (Lipinski definition) is 1. The molecule has 0 aliphatic heterocycles. The molecule has 1 unspecified atom stereocenters. The zero-order valence-corrected chi connectivity index (χ0v) is 22.2. The van der Waals surface area contributed by atoms with E-state index >= 15 is 0 Å². The van der Waals surface area contributed by atoms with Crippen molar-refractivity contribution in [3.05, 3.63) is 84.1 Å². The van der Waals surface area contributed by atoms with Crippen LogP contribution in [0.4, 0.5) is 37.7 Å². The summed E-state index contributed by atoms with van der Waals surface area (Å²) in [4.78, 5) is 31.4. The van der Waals surface area contributed by atoms with Crippen LogP contribution in [0.25, 0.3) is 26.4 Å². The van der Waals surface area contributed by atoms with E-state index in [4.69, 9.17) is 0 Å². The smallest absolute Gasteiger partial charge is 0.324 e. The molecule has 0 spiro atoms. The lowest BCUT2D eigenvalue weighted by Crippen LogP contribution is -2.45. The van der Waals surface area contributed by atoms with Crippen LogP contribution in [0.2, 0.25) is 0 Å². The monoisotopic (exact) mass is 590 g/mol. The molecule has 0 aliphatic carbocycles. The molecule has 2 aromatic heterocycles.